The summed E-state index contributed by atoms with van der Waals surface area (Å²) in [6, 6.07) is 0. The highest BCUT2D eigenvalue weighted by molar-refractivity contribution is 5.93. The maximum Gasteiger partial charge on any atom is 0.254 e. The lowest BCUT2D eigenvalue weighted by molar-refractivity contribution is 0.0940. The molecule has 4 nitrogen and oxygen atoms in total. The van der Waals surface area contributed by atoms with Crippen molar-refractivity contribution in [2.24, 2.45) is 11.3 Å². The topological polar surface area (TPSA) is 57.8 Å². The van der Waals surface area contributed by atoms with Crippen LogP contribution in [0.4, 0.5) is 0 Å². The van der Waals surface area contributed by atoms with Gasteiger partial charge >= 0.3 is 0 Å². The second-order valence-electron chi connectivity index (χ2n) is 4.69. The third kappa shape index (κ3) is 2.03. The van der Waals surface area contributed by atoms with Gasteiger partial charge in [-0.3, -0.25) is 9.89 Å². The van der Waals surface area contributed by atoms with E-state index >= 15 is 0 Å². The van der Waals surface area contributed by atoms with E-state index in [9.17, 15) is 4.79 Å². The minimum absolute atomic E-state index is 0.0318. The maximum absolute atomic E-state index is 11.6. The number of carbonyl (C=O) groups is 1. The molecule has 0 radical (unpaired) electrons. The minimum atomic E-state index is -0.0318. The van der Waals surface area contributed by atoms with E-state index in [1.807, 2.05) is 0 Å². The summed E-state index contributed by atoms with van der Waals surface area (Å²) in [6.45, 7) is 5.22. The van der Waals surface area contributed by atoms with Gasteiger partial charge in [0.25, 0.3) is 5.91 Å². The molecule has 1 saturated carbocycles. The molecule has 1 amide bonds. The molecule has 0 bridgehead atoms. The molecule has 0 saturated heterocycles. The van der Waals surface area contributed by atoms with Crippen LogP contribution in [0.3, 0.4) is 0 Å². The van der Waals surface area contributed by atoms with Gasteiger partial charge < -0.3 is 5.32 Å². The zero-order valence-corrected chi connectivity index (χ0v) is 9.21. The third-order valence-corrected chi connectivity index (χ3v) is 3.48. The summed E-state index contributed by atoms with van der Waals surface area (Å²) >= 11 is 0. The Balaban J connectivity index is 1.87. The number of carbonyl (C=O) groups excluding carboxylic acids is 1. The standard InChI is InChI=1S/C11H17N3O/c1-8(2)11(3-4-11)7-12-10(15)9-5-13-14-6-9/h5-6,8H,3-4,7H2,1-2H3,(H,12,15)(H,13,14). The Morgan fingerprint density at radius 1 is 1.67 bits per heavy atom. The van der Waals surface area contributed by atoms with E-state index in [-0.39, 0.29) is 5.91 Å². The van der Waals surface area contributed by atoms with E-state index in [2.05, 4.69) is 29.4 Å². The first-order valence-electron chi connectivity index (χ1n) is 5.41. The zero-order valence-electron chi connectivity index (χ0n) is 9.21. The highest BCUT2D eigenvalue weighted by atomic mass is 16.1. The summed E-state index contributed by atoms with van der Waals surface area (Å²) in [5.41, 5.74) is 0.967. The van der Waals surface area contributed by atoms with E-state index in [0.29, 0.717) is 16.9 Å². The second-order valence-corrected chi connectivity index (χ2v) is 4.69. The molecular weight excluding hydrogens is 190 g/mol. The first kappa shape index (κ1) is 10.2. The van der Waals surface area contributed by atoms with Gasteiger partial charge in [-0.15, -0.1) is 0 Å². The van der Waals surface area contributed by atoms with Crippen LogP contribution < -0.4 is 5.32 Å². The Morgan fingerprint density at radius 2 is 2.40 bits per heavy atom. The molecule has 1 fully saturated rings. The Labute approximate surface area is 89.5 Å². The van der Waals surface area contributed by atoms with Crippen molar-refractivity contribution in [3.63, 3.8) is 0 Å². The molecule has 0 spiro atoms. The van der Waals surface area contributed by atoms with Crippen molar-refractivity contribution in [1.82, 2.24) is 15.5 Å². The van der Waals surface area contributed by atoms with Gasteiger partial charge in [0, 0.05) is 12.7 Å². The summed E-state index contributed by atoms with van der Waals surface area (Å²) in [4.78, 5) is 11.6. The molecule has 1 aromatic rings. The highest BCUT2D eigenvalue weighted by Gasteiger charge is 2.45. The van der Waals surface area contributed by atoms with Crippen molar-refractivity contribution in [2.45, 2.75) is 26.7 Å². The molecule has 1 aliphatic carbocycles. The highest BCUT2D eigenvalue weighted by Crippen LogP contribution is 2.51. The minimum Gasteiger partial charge on any atom is -0.351 e. The van der Waals surface area contributed by atoms with Gasteiger partial charge in [-0.1, -0.05) is 13.8 Å². The van der Waals surface area contributed by atoms with Crippen molar-refractivity contribution in [3.05, 3.63) is 18.0 Å². The third-order valence-electron chi connectivity index (χ3n) is 3.48. The molecule has 1 heterocycles. The van der Waals surface area contributed by atoms with Crippen LogP contribution in [0.15, 0.2) is 12.4 Å². The number of aromatic nitrogens is 2. The monoisotopic (exact) mass is 207 g/mol. The lowest BCUT2D eigenvalue weighted by Crippen LogP contribution is -2.32. The van der Waals surface area contributed by atoms with Crippen molar-refractivity contribution >= 4 is 5.91 Å². The van der Waals surface area contributed by atoms with Gasteiger partial charge in [0.1, 0.15) is 0 Å². The molecule has 0 aliphatic heterocycles. The molecule has 2 N–H and O–H groups in total. The van der Waals surface area contributed by atoms with Crippen LogP contribution in [0.2, 0.25) is 0 Å². The number of nitrogens with zero attached hydrogens (tertiary/aromatic N) is 1. The molecule has 15 heavy (non-hydrogen) atoms. The SMILES string of the molecule is CC(C)C1(CNC(=O)c2cn[nH]c2)CC1. The van der Waals surface area contributed by atoms with E-state index in [1.165, 1.54) is 12.8 Å². The Hall–Kier alpha value is -1.32. The van der Waals surface area contributed by atoms with Crippen LogP contribution >= 0.6 is 0 Å². The van der Waals surface area contributed by atoms with E-state index < -0.39 is 0 Å². The molecular formula is C11H17N3O. The smallest absolute Gasteiger partial charge is 0.254 e. The maximum atomic E-state index is 11.6. The van der Waals surface area contributed by atoms with Crippen LogP contribution in [-0.2, 0) is 0 Å². The van der Waals surface area contributed by atoms with Crippen LogP contribution in [0.25, 0.3) is 0 Å². The van der Waals surface area contributed by atoms with Gasteiger partial charge in [-0.25, -0.2) is 0 Å². The Bertz CT molecular complexity index is 339. The summed E-state index contributed by atoms with van der Waals surface area (Å²) in [5, 5.41) is 9.36. The normalized spacial score (nSPS) is 17.8. The fourth-order valence-corrected chi connectivity index (χ4v) is 1.85. The van der Waals surface area contributed by atoms with Gasteiger partial charge in [-0.05, 0) is 24.2 Å². The van der Waals surface area contributed by atoms with E-state index in [1.54, 1.807) is 12.4 Å². The molecule has 2 rings (SSSR count). The summed E-state index contributed by atoms with van der Waals surface area (Å²) in [7, 11) is 0. The van der Waals surface area contributed by atoms with E-state index in [4.69, 9.17) is 0 Å². The number of H-pyrrole nitrogens is 1. The van der Waals surface area contributed by atoms with E-state index in [0.717, 1.165) is 6.54 Å². The van der Waals surface area contributed by atoms with Crippen LogP contribution in [-0.4, -0.2) is 22.6 Å². The van der Waals surface area contributed by atoms with Gasteiger partial charge in [-0.2, -0.15) is 5.10 Å². The fourth-order valence-electron chi connectivity index (χ4n) is 1.85. The molecule has 0 atom stereocenters. The predicted octanol–water partition coefficient (Wildman–Crippen LogP) is 1.58. The average Bonchev–Trinajstić information content (AvgIpc) is 2.80. The lowest BCUT2D eigenvalue weighted by Gasteiger charge is -2.19. The summed E-state index contributed by atoms with van der Waals surface area (Å²) in [5.74, 6) is 0.609. The average molecular weight is 207 g/mol. The van der Waals surface area contributed by atoms with Crippen LogP contribution in [0, 0.1) is 11.3 Å². The number of hydrogen-bond donors (Lipinski definition) is 2. The molecule has 4 heteroatoms. The number of amides is 1. The number of nitrogens with one attached hydrogen (secondary N) is 2. The Morgan fingerprint density at radius 3 is 2.87 bits per heavy atom. The zero-order chi connectivity index (χ0) is 10.9. The van der Waals surface area contributed by atoms with Crippen molar-refractivity contribution in [1.29, 1.82) is 0 Å². The van der Waals surface area contributed by atoms with Crippen LogP contribution in [0.5, 0.6) is 0 Å². The van der Waals surface area contributed by atoms with Crippen molar-refractivity contribution in [3.8, 4) is 0 Å². The lowest BCUT2D eigenvalue weighted by atomic mass is 9.92. The predicted molar refractivity (Wildman–Crippen MR) is 57.4 cm³/mol. The molecule has 82 valence electrons. The number of hydrogen-bond acceptors (Lipinski definition) is 2. The summed E-state index contributed by atoms with van der Waals surface area (Å²) < 4.78 is 0. The fraction of sp³-hybridized carbons (Fsp3) is 0.636. The first-order valence-corrected chi connectivity index (χ1v) is 5.41. The number of aromatic amines is 1. The molecule has 1 aromatic heterocycles. The largest absolute Gasteiger partial charge is 0.351 e. The molecule has 0 aromatic carbocycles. The molecule has 1 aliphatic rings. The Kier molecular flexibility index (Phi) is 2.50. The molecule has 0 unspecified atom stereocenters. The van der Waals surface area contributed by atoms with Crippen LogP contribution in [0.1, 0.15) is 37.0 Å². The van der Waals surface area contributed by atoms with Crippen molar-refractivity contribution < 1.29 is 4.79 Å². The van der Waals surface area contributed by atoms with Gasteiger partial charge in [0.05, 0.1) is 11.8 Å². The second kappa shape index (κ2) is 3.68. The van der Waals surface area contributed by atoms with Gasteiger partial charge in [0.2, 0.25) is 0 Å². The van der Waals surface area contributed by atoms with Gasteiger partial charge in [0.15, 0.2) is 0 Å². The van der Waals surface area contributed by atoms with Crippen molar-refractivity contribution in [2.75, 3.05) is 6.54 Å². The first-order chi connectivity index (χ1) is 7.14. The summed E-state index contributed by atoms with van der Waals surface area (Å²) in [6.07, 6.45) is 5.63. The quantitative estimate of drug-likeness (QED) is 0.787. The number of rotatable bonds is 4.